The molecule has 1 heterocycles. The van der Waals surface area contributed by atoms with Crippen LogP contribution >= 0.6 is 12.4 Å². The highest BCUT2D eigenvalue weighted by atomic mass is 35.5. The lowest BCUT2D eigenvalue weighted by Crippen LogP contribution is -2.30. The molecule has 0 saturated carbocycles. The van der Waals surface area contributed by atoms with E-state index in [2.05, 4.69) is 39.9 Å². The third kappa shape index (κ3) is 5.02. The molecule has 1 atom stereocenters. The highest BCUT2D eigenvalue weighted by Gasteiger charge is 2.19. The topological polar surface area (TPSA) is 66.2 Å². The Morgan fingerprint density at radius 2 is 1.89 bits per heavy atom. The van der Waals surface area contributed by atoms with Gasteiger partial charge in [-0.05, 0) is 36.4 Å². The largest absolute Gasteiger partial charge is 0.497 e. The highest BCUT2D eigenvalue weighted by molar-refractivity contribution is 5.85. The summed E-state index contributed by atoms with van der Waals surface area (Å²) < 4.78 is 5.27. The van der Waals surface area contributed by atoms with Crippen LogP contribution in [0.1, 0.15) is 23.5 Å². The van der Waals surface area contributed by atoms with Crippen molar-refractivity contribution in [2.75, 3.05) is 27.2 Å². The average Bonchev–Trinajstić information content (AvgIpc) is 3.11. The van der Waals surface area contributed by atoms with E-state index in [1.54, 1.807) is 7.11 Å². The van der Waals surface area contributed by atoms with Gasteiger partial charge in [0.05, 0.1) is 7.11 Å². The van der Waals surface area contributed by atoms with Gasteiger partial charge in [-0.25, -0.2) is 0 Å². The number of benzene rings is 2. The zero-order valence-corrected chi connectivity index (χ0v) is 16.4. The SMILES string of the molecule is CNCCC(=O)NCC(c1ccc(OC)cc1)c1c[nH]c2ccccc12.Cl. The Morgan fingerprint density at radius 3 is 2.59 bits per heavy atom. The number of para-hydroxylation sites is 1. The molecule has 0 spiro atoms. The molecule has 0 aliphatic rings. The minimum absolute atomic E-state index is 0. The third-order valence-electron chi connectivity index (χ3n) is 4.62. The van der Waals surface area contributed by atoms with Crippen LogP contribution in [0.5, 0.6) is 5.75 Å². The Labute approximate surface area is 165 Å². The molecule has 27 heavy (non-hydrogen) atoms. The predicted octanol–water partition coefficient (Wildman–Crippen LogP) is 3.46. The summed E-state index contributed by atoms with van der Waals surface area (Å²) in [5.74, 6) is 0.942. The van der Waals surface area contributed by atoms with E-state index in [0.717, 1.165) is 16.8 Å². The molecular formula is C21H26ClN3O2. The van der Waals surface area contributed by atoms with E-state index in [9.17, 15) is 4.79 Å². The van der Waals surface area contributed by atoms with E-state index in [1.165, 1.54) is 10.9 Å². The second-order valence-corrected chi connectivity index (χ2v) is 6.27. The molecule has 144 valence electrons. The summed E-state index contributed by atoms with van der Waals surface area (Å²) in [5, 5.41) is 7.25. The van der Waals surface area contributed by atoms with Gasteiger partial charge < -0.3 is 20.4 Å². The van der Waals surface area contributed by atoms with Crippen LogP contribution in [0.15, 0.2) is 54.7 Å². The minimum Gasteiger partial charge on any atom is -0.497 e. The smallest absolute Gasteiger partial charge is 0.221 e. The Morgan fingerprint density at radius 1 is 1.15 bits per heavy atom. The van der Waals surface area contributed by atoms with Gasteiger partial charge in [-0.15, -0.1) is 12.4 Å². The number of fused-ring (bicyclic) bond motifs is 1. The number of hydrogen-bond donors (Lipinski definition) is 3. The maximum Gasteiger partial charge on any atom is 0.221 e. The van der Waals surface area contributed by atoms with Crippen molar-refractivity contribution in [3.8, 4) is 5.75 Å². The van der Waals surface area contributed by atoms with Crippen molar-refractivity contribution in [1.29, 1.82) is 0 Å². The lowest BCUT2D eigenvalue weighted by Gasteiger charge is -2.18. The van der Waals surface area contributed by atoms with Gasteiger partial charge in [-0.3, -0.25) is 4.79 Å². The number of methoxy groups -OCH3 is 1. The summed E-state index contributed by atoms with van der Waals surface area (Å²) in [4.78, 5) is 15.4. The number of rotatable bonds is 8. The first-order valence-electron chi connectivity index (χ1n) is 8.84. The van der Waals surface area contributed by atoms with E-state index in [-0.39, 0.29) is 24.2 Å². The standard InChI is InChI=1S/C21H25N3O2.ClH/c1-22-12-11-21(25)24-13-18(15-7-9-16(26-2)10-8-15)19-14-23-20-6-4-3-5-17(19)20;/h3-10,14,18,22-23H,11-13H2,1-2H3,(H,24,25);1H. The minimum atomic E-state index is 0. The number of halogens is 1. The van der Waals surface area contributed by atoms with Crippen molar-refractivity contribution in [1.82, 2.24) is 15.6 Å². The molecule has 0 bridgehead atoms. The molecule has 0 aliphatic heterocycles. The second-order valence-electron chi connectivity index (χ2n) is 6.27. The maximum atomic E-state index is 12.1. The van der Waals surface area contributed by atoms with Gasteiger partial charge in [0.15, 0.2) is 0 Å². The number of hydrogen-bond acceptors (Lipinski definition) is 3. The first-order chi connectivity index (χ1) is 12.7. The second kappa shape index (κ2) is 10.00. The van der Waals surface area contributed by atoms with E-state index in [4.69, 9.17) is 4.74 Å². The quantitative estimate of drug-likeness (QED) is 0.554. The monoisotopic (exact) mass is 387 g/mol. The van der Waals surface area contributed by atoms with Crippen molar-refractivity contribution in [2.45, 2.75) is 12.3 Å². The Balaban J connectivity index is 0.00000261. The van der Waals surface area contributed by atoms with Crippen LogP contribution in [0.4, 0.5) is 0 Å². The molecule has 3 rings (SSSR count). The van der Waals surface area contributed by atoms with Crippen LogP contribution in [0.25, 0.3) is 10.9 Å². The molecule has 5 nitrogen and oxygen atoms in total. The fourth-order valence-electron chi connectivity index (χ4n) is 3.17. The van der Waals surface area contributed by atoms with Gasteiger partial charge >= 0.3 is 0 Å². The van der Waals surface area contributed by atoms with E-state index in [1.807, 2.05) is 37.5 Å². The van der Waals surface area contributed by atoms with Gasteiger partial charge in [0.1, 0.15) is 5.75 Å². The molecule has 1 amide bonds. The molecule has 3 aromatic rings. The zero-order chi connectivity index (χ0) is 18.4. The molecule has 1 unspecified atom stereocenters. The Kier molecular flexibility index (Phi) is 7.70. The summed E-state index contributed by atoms with van der Waals surface area (Å²) in [6.45, 7) is 1.23. The number of aromatic amines is 1. The molecule has 1 aromatic heterocycles. The molecule has 0 fully saturated rings. The van der Waals surface area contributed by atoms with E-state index >= 15 is 0 Å². The molecule has 0 radical (unpaired) electrons. The zero-order valence-electron chi connectivity index (χ0n) is 15.6. The number of H-pyrrole nitrogens is 1. The van der Waals surface area contributed by atoms with Gasteiger partial charge in [-0.1, -0.05) is 30.3 Å². The van der Waals surface area contributed by atoms with Crippen LogP contribution in [-0.4, -0.2) is 38.1 Å². The lowest BCUT2D eigenvalue weighted by atomic mass is 9.90. The van der Waals surface area contributed by atoms with Crippen molar-refractivity contribution in [3.05, 3.63) is 65.9 Å². The molecule has 6 heteroatoms. The summed E-state index contributed by atoms with van der Waals surface area (Å²) in [6, 6.07) is 16.3. The van der Waals surface area contributed by atoms with Crippen LogP contribution in [0.2, 0.25) is 0 Å². The number of carbonyl (C=O) groups is 1. The third-order valence-corrected chi connectivity index (χ3v) is 4.62. The van der Waals surface area contributed by atoms with Crippen LogP contribution in [-0.2, 0) is 4.79 Å². The molecular weight excluding hydrogens is 362 g/mol. The number of carbonyl (C=O) groups excluding carboxylic acids is 1. The molecule has 0 aliphatic carbocycles. The fraction of sp³-hybridized carbons (Fsp3) is 0.286. The predicted molar refractivity (Wildman–Crippen MR) is 112 cm³/mol. The fourth-order valence-corrected chi connectivity index (χ4v) is 3.17. The summed E-state index contributed by atoms with van der Waals surface area (Å²) in [5.41, 5.74) is 3.42. The number of aromatic nitrogens is 1. The number of ether oxygens (including phenoxy) is 1. The van der Waals surface area contributed by atoms with Gasteiger partial charge in [-0.2, -0.15) is 0 Å². The molecule has 3 N–H and O–H groups in total. The van der Waals surface area contributed by atoms with E-state index < -0.39 is 0 Å². The summed E-state index contributed by atoms with van der Waals surface area (Å²) in [6.07, 6.45) is 2.51. The van der Waals surface area contributed by atoms with Crippen molar-refractivity contribution < 1.29 is 9.53 Å². The van der Waals surface area contributed by atoms with Crippen molar-refractivity contribution in [2.24, 2.45) is 0 Å². The van der Waals surface area contributed by atoms with Crippen LogP contribution in [0.3, 0.4) is 0 Å². The van der Waals surface area contributed by atoms with Crippen LogP contribution < -0.4 is 15.4 Å². The Hall–Kier alpha value is -2.50. The molecule has 2 aromatic carbocycles. The van der Waals surface area contributed by atoms with Gasteiger partial charge in [0.25, 0.3) is 0 Å². The van der Waals surface area contributed by atoms with Gasteiger partial charge in [0.2, 0.25) is 5.91 Å². The lowest BCUT2D eigenvalue weighted by molar-refractivity contribution is -0.121. The number of amides is 1. The molecule has 0 saturated heterocycles. The summed E-state index contributed by atoms with van der Waals surface area (Å²) in [7, 11) is 3.51. The first-order valence-corrected chi connectivity index (χ1v) is 8.84. The van der Waals surface area contributed by atoms with Crippen LogP contribution in [0, 0.1) is 0 Å². The Bertz CT molecular complexity index is 861. The summed E-state index contributed by atoms with van der Waals surface area (Å²) >= 11 is 0. The normalized spacial score (nSPS) is 11.6. The average molecular weight is 388 g/mol. The van der Waals surface area contributed by atoms with Gasteiger partial charge in [0, 0.05) is 42.5 Å². The number of nitrogens with one attached hydrogen (secondary N) is 3. The van der Waals surface area contributed by atoms with Crippen molar-refractivity contribution >= 4 is 29.2 Å². The van der Waals surface area contributed by atoms with Crippen molar-refractivity contribution in [3.63, 3.8) is 0 Å². The first kappa shape index (κ1) is 20.8. The highest BCUT2D eigenvalue weighted by Crippen LogP contribution is 2.31. The maximum absolute atomic E-state index is 12.1. The van der Waals surface area contributed by atoms with E-state index in [0.29, 0.717) is 19.5 Å².